The van der Waals surface area contributed by atoms with Crippen molar-refractivity contribution in [1.82, 2.24) is 15.0 Å². The van der Waals surface area contributed by atoms with Crippen LogP contribution < -0.4 is 21.1 Å². The van der Waals surface area contributed by atoms with Crippen LogP contribution in [0, 0.1) is 0 Å². The molecule has 0 unspecified atom stereocenters. The molecule has 0 aliphatic carbocycles. The number of nitrogen functional groups attached to an aromatic ring is 1. The zero-order valence-corrected chi connectivity index (χ0v) is 11.8. The predicted octanol–water partition coefficient (Wildman–Crippen LogP) is -0.163. The van der Waals surface area contributed by atoms with Crippen molar-refractivity contribution in [1.29, 1.82) is 0 Å². The molecular weight excluding hydrogens is 246 g/mol. The van der Waals surface area contributed by atoms with Crippen molar-refractivity contribution in [2.24, 2.45) is 5.84 Å². The molecule has 1 aliphatic heterocycles. The van der Waals surface area contributed by atoms with Crippen LogP contribution in [0.3, 0.4) is 0 Å². The summed E-state index contributed by atoms with van der Waals surface area (Å²) in [5, 5.41) is 0. The minimum Gasteiger partial charge on any atom is -0.372 e. The lowest BCUT2D eigenvalue weighted by molar-refractivity contribution is -0.00571. The highest BCUT2D eigenvalue weighted by molar-refractivity contribution is 5.44. The summed E-state index contributed by atoms with van der Waals surface area (Å²) in [6.45, 7) is 5.59. The molecular formula is C11H21N7O. The van der Waals surface area contributed by atoms with Crippen LogP contribution in [-0.4, -0.2) is 54.3 Å². The Balaban J connectivity index is 2.30. The van der Waals surface area contributed by atoms with E-state index in [1.807, 2.05) is 32.8 Å². The van der Waals surface area contributed by atoms with E-state index in [0.717, 1.165) is 13.1 Å². The minimum atomic E-state index is 0.151. The van der Waals surface area contributed by atoms with Crippen molar-refractivity contribution in [3.05, 3.63) is 0 Å². The number of nitrogens with one attached hydrogen (secondary N) is 1. The molecule has 2 heterocycles. The summed E-state index contributed by atoms with van der Waals surface area (Å²) >= 11 is 0. The number of morpholine rings is 1. The van der Waals surface area contributed by atoms with E-state index in [9.17, 15) is 0 Å². The lowest BCUT2D eigenvalue weighted by atomic mass is 10.2. The van der Waals surface area contributed by atoms with Gasteiger partial charge in [-0.25, -0.2) is 5.84 Å². The number of rotatable bonds is 3. The average Bonchev–Trinajstić information content (AvgIpc) is 2.37. The first-order valence-electron chi connectivity index (χ1n) is 6.30. The van der Waals surface area contributed by atoms with Crippen molar-refractivity contribution >= 4 is 17.8 Å². The van der Waals surface area contributed by atoms with Gasteiger partial charge in [0, 0.05) is 27.2 Å². The highest BCUT2D eigenvalue weighted by Crippen LogP contribution is 2.19. The van der Waals surface area contributed by atoms with Gasteiger partial charge in [0.25, 0.3) is 0 Å². The van der Waals surface area contributed by atoms with E-state index >= 15 is 0 Å². The standard InChI is InChI=1S/C11H21N7O/c1-7-5-18(6-8(2)19-7)11-14-9(16-12)13-10(15-11)17(3)4/h7-8H,5-6,12H2,1-4H3,(H,13,14,15,16)/t7-,8+. The van der Waals surface area contributed by atoms with Gasteiger partial charge in [0.15, 0.2) is 0 Å². The van der Waals surface area contributed by atoms with Gasteiger partial charge in [-0.3, -0.25) is 5.43 Å². The lowest BCUT2D eigenvalue weighted by Gasteiger charge is -2.35. The quantitative estimate of drug-likeness (QED) is 0.576. The van der Waals surface area contributed by atoms with E-state index in [1.54, 1.807) is 0 Å². The summed E-state index contributed by atoms with van der Waals surface area (Å²) < 4.78 is 5.71. The first-order chi connectivity index (χ1) is 8.99. The van der Waals surface area contributed by atoms with Crippen LogP contribution in [0.2, 0.25) is 0 Å². The molecule has 1 fully saturated rings. The number of hydrogen-bond acceptors (Lipinski definition) is 8. The monoisotopic (exact) mass is 267 g/mol. The fourth-order valence-corrected chi connectivity index (χ4v) is 2.10. The Morgan fingerprint density at radius 2 is 1.84 bits per heavy atom. The molecule has 1 aromatic rings. The minimum absolute atomic E-state index is 0.151. The van der Waals surface area contributed by atoms with Crippen molar-refractivity contribution in [3.63, 3.8) is 0 Å². The van der Waals surface area contributed by atoms with Crippen molar-refractivity contribution in [3.8, 4) is 0 Å². The van der Waals surface area contributed by atoms with E-state index in [0.29, 0.717) is 17.8 Å². The molecule has 8 heteroatoms. The van der Waals surface area contributed by atoms with Gasteiger partial charge in [0.05, 0.1) is 12.2 Å². The van der Waals surface area contributed by atoms with E-state index in [2.05, 4.69) is 25.3 Å². The number of hydrazine groups is 1. The van der Waals surface area contributed by atoms with Gasteiger partial charge in [-0.15, -0.1) is 0 Å². The van der Waals surface area contributed by atoms with E-state index in [-0.39, 0.29) is 12.2 Å². The summed E-state index contributed by atoms with van der Waals surface area (Å²) in [5.41, 5.74) is 2.48. The van der Waals surface area contributed by atoms with Crippen molar-refractivity contribution in [2.45, 2.75) is 26.1 Å². The molecule has 1 saturated heterocycles. The van der Waals surface area contributed by atoms with Crippen molar-refractivity contribution in [2.75, 3.05) is 42.4 Å². The molecule has 0 saturated carbocycles. The second-order valence-electron chi connectivity index (χ2n) is 4.96. The smallest absolute Gasteiger partial charge is 0.243 e. The molecule has 19 heavy (non-hydrogen) atoms. The summed E-state index contributed by atoms with van der Waals surface area (Å²) in [6, 6.07) is 0. The number of ether oxygens (including phenoxy) is 1. The van der Waals surface area contributed by atoms with Crippen LogP contribution in [-0.2, 0) is 4.74 Å². The van der Waals surface area contributed by atoms with E-state index in [4.69, 9.17) is 10.6 Å². The second kappa shape index (κ2) is 5.54. The molecule has 106 valence electrons. The van der Waals surface area contributed by atoms with Crippen molar-refractivity contribution < 1.29 is 4.74 Å². The molecule has 0 amide bonds. The van der Waals surface area contributed by atoms with Gasteiger partial charge in [-0.05, 0) is 13.8 Å². The molecule has 0 radical (unpaired) electrons. The summed E-state index contributed by atoms with van der Waals surface area (Å²) in [5.74, 6) is 6.96. The van der Waals surface area contributed by atoms with E-state index in [1.165, 1.54) is 0 Å². The Labute approximate surface area is 112 Å². The lowest BCUT2D eigenvalue weighted by Crippen LogP contribution is -2.46. The molecule has 8 nitrogen and oxygen atoms in total. The molecule has 1 aliphatic rings. The highest BCUT2D eigenvalue weighted by Gasteiger charge is 2.25. The number of aromatic nitrogens is 3. The van der Waals surface area contributed by atoms with Crippen LogP contribution in [0.4, 0.5) is 17.8 Å². The zero-order valence-electron chi connectivity index (χ0n) is 11.8. The number of nitrogens with zero attached hydrogens (tertiary/aromatic N) is 5. The Hall–Kier alpha value is -1.67. The average molecular weight is 267 g/mol. The van der Waals surface area contributed by atoms with Crippen LogP contribution in [0.5, 0.6) is 0 Å². The molecule has 3 N–H and O–H groups in total. The first kappa shape index (κ1) is 13.8. The molecule has 2 atom stereocenters. The van der Waals surface area contributed by atoms with Crippen LogP contribution in [0.15, 0.2) is 0 Å². The molecule has 1 aromatic heterocycles. The summed E-state index contributed by atoms with van der Waals surface area (Å²) in [7, 11) is 3.76. The van der Waals surface area contributed by atoms with Gasteiger partial charge < -0.3 is 14.5 Å². The van der Waals surface area contributed by atoms with Gasteiger partial charge >= 0.3 is 0 Å². The second-order valence-corrected chi connectivity index (χ2v) is 4.96. The fourth-order valence-electron chi connectivity index (χ4n) is 2.10. The number of hydrogen-bond donors (Lipinski definition) is 2. The Kier molecular flexibility index (Phi) is 4.01. The van der Waals surface area contributed by atoms with Gasteiger partial charge in [0.1, 0.15) is 0 Å². The normalized spacial score (nSPS) is 23.3. The maximum Gasteiger partial charge on any atom is 0.243 e. The van der Waals surface area contributed by atoms with E-state index < -0.39 is 0 Å². The van der Waals surface area contributed by atoms with Crippen LogP contribution in [0.1, 0.15) is 13.8 Å². The molecule has 0 aromatic carbocycles. The predicted molar refractivity (Wildman–Crippen MR) is 74.2 cm³/mol. The Morgan fingerprint density at radius 1 is 1.21 bits per heavy atom. The first-order valence-corrected chi connectivity index (χ1v) is 6.30. The zero-order chi connectivity index (χ0) is 14.0. The molecule has 0 bridgehead atoms. The van der Waals surface area contributed by atoms with Crippen LogP contribution in [0.25, 0.3) is 0 Å². The SMILES string of the molecule is C[C@@H]1CN(c2nc(NN)nc(N(C)C)n2)C[C@H](C)O1. The highest BCUT2D eigenvalue weighted by atomic mass is 16.5. The Morgan fingerprint density at radius 3 is 2.37 bits per heavy atom. The maximum atomic E-state index is 5.71. The van der Waals surface area contributed by atoms with Crippen LogP contribution >= 0.6 is 0 Å². The largest absolute Gasteiger partial charge is 0.372 e. The number of anilines is 3. The summed E-state index contributed by atoms with van der Waals surface area (Å²) in [4.78, 5) is 16.9. The summed E-state index contributed by atoms with van der Waals surface area (Å²) in [6.07, 6.45) is 0.301. The van der Waals surface area contributed by atoms with Gasteiger partial charge in [0.2, 0.25) is 17.8 Å². The third-order valence-corrected chi connectivity index (χ3v) is 2.84. The third kappa shape index (κ3) is 3.21. The number of nitrogens with two attached hydrogens (primary N) is 1. The topological polar surface area (TPSA) is 92.4 Å². The maximum absolute atomic E-state index is 5.71. The fraction of sp³-hybridized carbons (Fsp3) is 0.727. The molecule has 2 rings (SSSR count). The Bertz CT molecular complexity index is 429. The van der Waals surface area contributed by atoms with Gasteiger partial charge in [-0.2, -0.15) is 15.0 Å². The molecule has 0 spiro atoms. The third-order valence-electron chi connectivity index (χ3n) is 2.84. The van der Waals surface area contributed by atoms with Gasteiger partial charge in [-0.1, -0.05) is 0 Å².